The van der Waals surface area contributed by atoms with Crippen LogP contribution in [0.15, 0.2) is 66.4 Å². The van der Waals surface area contributed by atoms with Crippen molar-refractivity contribution in [2.75, 3.05) is 12.5 Å². The van der Waals surface area contributed by atoms with Crippen LogP contribution in [0.3, 0.4) is 0 Å². The van der Waals surface area contributed by atoms with Gasteiger partial charge in [-0.1, -0.05) is 72.3 Å². The van der Waals surface area contributed by atoms with Crippen LogP contribution in [-0.2, 0) is 30.8 Å². The number of hydrogen-bond acceptors (Lipinski definition) is 8. The summed E-state index contributed by atoms with van der Waals surface area (Å²) in [5.74, 6) is -6.59. The molecule has 2 aromatic carbocycles. The maximum absolute atomic E-state index is 15.3. The Labute approximate surface area is 318 Å². The molecule has 1 aromatic heterocycles. The number of alkyl halides is 3. The van der Waals surface area contributed by atoms with Gasteiger partial charge in [0.05, 0.1) is 40.9 Å². The van der Waals surface area contributed by atoms with E-state index in [-0.39, 0.29) is 48.0 Å². The monoisotopic (exact) mass is 782 g/mol. The van der Waals surface area contributed by atoms with Gasteiger partial charge in [0.15, 0.2) is 17.3 Å². The van der Waals surface area contributed by atoms with Crippen LogP contribution in [-0.4, -0.2) is 56.8 Å². The Morgan fingerprint density at radius 2 is 1.67 bits per heavy atom. The summed E-state index contributed by atoms with van der Waals surface area (Å²) in [6.45, 7) is 0. The highest BCUT2D eigenvalue weighted by Gasteiger charge is 2.70. The van der Waals surface area contributed by atoms with Crippen LogP contribution in [0.4, 0.5) is 19.0 Å². The van der Waals surface area contributed by atoms with Gasteiger partial charge in [0, 0.05) is 23.2 Å². The third-order valence-electron chi connectivity index (χ3n) is 12.1. The molecule has 0 radical (unpaired) electrons. The molecule has 282 valence electrons. The van der Waals surface area contributed by atoms with Crippen LogP contribution in [0, 0.1) is 23.7 Å². The summed E-state index contributed by atoms with van der Waals surface area (Å²) in [6.07, 6.45) is 2.26. The van der Waals surface area contributed by atoms with Crippen molar-refractivity contribution < 1.29 is 42.2 Å². The highest BCUT2D eigenvalue weighted by atomic mass is 35.5. The Kier molecular flexibility index (Phi) is 8.95. The van der Waals surface area contributed by atoms with Gasteiger partial charge in [0.1, 0.15) is 0 Å². The van der Waals surface area contributed by atoms with E-state index in [1.54, 1.807) is 36.4 Å². The van der Waals surface area contributed by atoms with Crippen molar-refractivity contribution in [1.82, 2.24) is 14.9 Å². The van der Waals surface area contributed by atoms with Crippen LogP contribution < -0.4 is 10.2 Å². The first kappa shape index (κ1) is 36.4. The molecule has 3 aliphatic carbocycles. The molecule has 2 aliphatic heterocycles. The number of aromatic hydroxyl groups is 1. The Morgan fingerprint density at radius 3 is 2.31 bits per heavy atom. The van der Waals surface area contributed by atoms with Crippen molar-refractivity contribution in [3.05, 3.63) is 93.1 Å². The number of hydrogen-bond donors (Lipinski definition) is 2. The minimum absolute atomic E-state index is 0.00269. The number of anilines is 1. The fraction of sp³-hybridized carbons (Fsp3) is 0.410. The smallest absolute Gasteiger partial charge is 0.417 e. The fourth-order valence-corrected chi connectivity index (χ4v) is 10.1. The Morgan fingerprint density at radius 1 is 0.944 bits per heavy atom. The van der Waals surface area contributed by atoms with Crippen LogP contribution in [0.1, 0.15) is 67.6 Å². The summed E-state index contributed by atoms with van der Waals surface area (Å²) < 4.78 is 45.7. The summed E-state index contributed by atoms with van der Waals surface area (Å²) in [4.78, 5) is 63.9. The number of rotatable bonds is 6. The zero-order valence-corrected chi connectivity index (χ0v) is 30.4. The third-order valence-corrected chi connectivity index (χ3v) is 12.6. The first-order valence-corrected chi connectivity index (χ1v) is 18.6. The highest BCUT2D eigenvalue weighted by Crippen LogP contribution is 2.64. The van der Waals surface area contributed by atoms with Gasteiger partial charge in [-0.25, -0.2) is 4.98 Å². The van der Waals surface area contributed by atoms with E-state index in [1.807, 2.05) is 6.08 Å². The number of aromatic nitrogens is 1. The second-order valence-electron chi connectivity index (χ2n) is 14.7. The highest BCUT2D eigenvalue weighted by molar-refractivity contribution is 6.33. The van der Waals surface area contributed by atoms with Gasteiger partial charge in [-0.2, -0.15) is 18.2 Å². The molecule has 2 saturated heterocycles. The number of phenols is 1. The molecule has 0 unspecified atom stereocenters. The predicted molar refractivity (Wildman–Crippen MR) is 190 cm³/mol. The van der Waals surface area contributed by atoms with E-state index in [2.05, 4.69) is 10.4 Å². The van der Waals surface area contributed by atoms with Crippen LogP contribution in [0.5, 0.6) is 11.5 Å². The number of pyridine rings is 1. The van der Waals surface area contributed by atoms with Crippen molar-refractivity contribution in [3.8, 4) is 11.5 Å². The second-order valence-corrected chi connectivity index (χ2v) is 15.5. The van der Waals surface area contributed by atoms with Crippen molar-refractivity contribution in [1.29, 1.82) is 0 Å². The molecule has 6 atom stereocenters. The van der Waals surface area contributed by atoms with Gasteiger partial charge in [-0.05, 0) is 73.1 Å². The lowest BCUT2D eigenvalue weighted by Gasteiger charge is -2.50. The number of methoxy groups -OCH3 is 1. The number of halogens is 5. The number of carbonyl (C=O) groups excluding carboxylic acids is 4. The van der Waals surface area contributed by atoms with Gasteiger partial charge in [0.2, 0.25) is 11.8 Å². The standard InChI is InChI=1S/C39H35Cl2F3N4O6/c1-54-30-14-7-19(15-29(30)49)32-24-12-13-25-31(36(52)47(34(25)50)23-5-3-2-4-6-23)26(24)17-27-35(51)48(37(53)38(27,32)20-8-10-22(40)11-9-20)46-33-28(41)16-21(18-45-33)39(42,43)44/h7-12,14-16,18,23,25-27,31-32,49H,2-6,13,17H2,1H3,(H,45,46)/t25-,26+,27-,31-,32-,38+/m0/s1. The summed E-state index contributed by atoms with van der Waals surface area (Å²) in [5, 5.41) is 11.7. The lowest BCUT2D eigenvalue weighted by Crippen LogP contribution is -2.53. The molecular weight excluding hydrogens is 748 g/mol. The normalized spacial score (nSPS) is 28.5. The number of nitrogens with one attached hydrogen (secondary N) is 1. The number of amides is 4. The summed E-state index contributed by atoms with van der Waals surface area (Å²) in [6, 6.07) is 11.6. The molecule has 4 fully saturated rings. The number of fused-ring (bicyclic) bond motifs is 4. The van der Waals surface area contributed by atoms with E-state index in [0.717, 1.165) is 37.1 Å². The van der Waals surface area contributed by atoms with Crippen LogP contribution >= 0.6 is 23.2 Å². The van der Waals surface area contributed by atoms with Gasteiger partial charge < -0.3 is 9.84 Å². The Bertz CT molecular complexity index is 2110. The number of hydrazine groups is 1. The Hall–Kier alpha value is -4.62. The third kappa shape index (κ3) is 5.48. The number of likely N-dealkylation sites (tertiary alicyclic amines) is 1. The number of carbonyl (C=O) groups is 4. The number of phenolic OH excluding ortho intramolecular Hbond substituents is 1. The minimum Gasteiger partial charge on any atom is -0.504 e. The van der Waals surface area contributed by atoms with E-state index < -0.39 is 63.6 Å². The first-order valence-electron chi connectivity index (χ1n) is 17.8. The largest absolute Gasteiger partial charge is 0.504 e. The lowest BCUT2D eigenvalue weighted by atomic mass is 9.49. The predicted octanol–water partition coefficient (Wildman–Crippen LogP) is 7.44. The SMILES string of the molecule is COc1ccc([C@H]2C3=CC[C@@H]4C(=O)N(C5CCCCC5)C(=O)[C@@H]4[C@@H]3C[C@H]3C(=O)N(Nc4ncc(C(F)(F)F)cc4Cl)C(=O)[C@@]23c2ccc(Cl)cc2)cc1O. The molecule has 0 bridgehead atoms. The average Bonchev–Trinajstić information content (AvgIpc) is 3.53. The molecule has 4 amide bonds. The number of imide groups is 2. The molecule has 2 saturated carbocycles. The summed E-state index contributed by atoms with van der Waals surface area (Å²) in [7, 11) is 1.39. The van der Waals surface area contributed by atoms with Gasteiger partial charge in [-0.3, -0.25) is 29.5 Å². The molecule has 54 heavy (non-hydrogen) atoms. The topological polar surface area (TPSA) is 129 Å². The molecule has 3 aromatic rings. The summed E-state index contributed by atoms with van der Waals surface area (Å²) in [5.41, 5.74) is 1.30. The van der Waals surface area contributed by atoms with Crippen LogP contribution in [0.25, 0.3) is 0 Å². The number of nitrogens with zero attached hydrogens (tertiary/aromatic N) is 3. The quantitative estimate of drug-likeness (QED) is 0.195. The van der Waals surface area contributed by atoms with Gasteiger partial charge >= 0.3 is 6.18 Å². The molecule has 2 N–H and O–H groups in total. The molecule has 8 rings (SSSR count). The van der Waals surface area contributed by atoms with Gasteiger partial charge in [-0.15, -0.1) is 0 Å². The van der Waals surface area contributed by atoms with E-state index in [0.29, 0.717) is 34.0 Å². The Balaban J connectivity index is 1.30. The fourth-order valence-electron chi connectivity index (χ4n) is 9.77. The van der Waals surface area contributed by atoms with Crippen molar-refractivity contribution >= 4 is 52.6 Å². The minimum atomic E-state index is -4.74. The first-order chi connectivity index (χ1) is 25.8. The van der Waals surface area contributed by atoms with Crippen molar-refractivity contribution in [3.63, 3.8) is 0 Å². The zero-order valence-electron chi connectivity index (χ0n) is 28.9. The maximum Gasteiger partial charge on any atom is 0.417 e. The van der Waals surface area contributed by atoms with E-state index in [4.69, 9.17) is 27.9 Å². The molecule has 5 aliphatic rings. The zero-order chi connectivity index (χ0) is 38.3. The molecular formula is C39H35Cl2F3N4O6. The van der Waals surface area contributed by atoms with Crippen molar-refractivity contribution in [2.45, 2.75) is 68.5 Å². The molecule has 15 heteroatoms. The average molecular weight is 784 g/mol. The van der Waals surface area contributed by atoms with Gasteiger partial charge in [0.25, 0.3) is 11.8 Å². The maximum atomic E-state index is 15.3. The summed E-state index contributed by atoms with van der Waals surface area (Å²) >= 11 is 12.6. The molecule has 3 heterocycles. The lowest BCUT2D eigenvalue weighted by molar-refractivity contribution is -0.144. The van der Waals surface area contributed by atoms with E-state index >= 15 is 4.79 Å². The number of benzene rings is 2. The number of allylic oxidation sites excluding steroid dienone is 2. The van der Waals surface area contributed by atoms with E-state index in [9.17, 15) is 32.7 Å². The van der Waals surface area contributed by atoms with Crippen molar-refractivity contribution in [2.24, 2.45) is 23.7 Å². The van der Waals surface area contributed by atoms with Crippen LogP contribution in [0.2, 0.25) is 10.0 Å². The van der Waals surface area contributed by atoms with E-state index in [1.165, 1.54) is 18.1 Å². The second kappa shape index (κ2) is 13.3. The number of ether oxygens (including phenoxy) is 1. The molecule has 0 spiro atoms. The molecule has 10 nitrogen and oxygen atoms in total.